The molecule has 2 saturated heterocycles. The predicted octanol–water partition coefficient (Wildman–Crippen LogP) is -0.894. The molecule has 0 saturated carbocycles. The van der Waals surface area contributed by atoms with Crippen LogP contribution in [0, 0.1) is 5.92 Å². The van der Waals surface area contributed by atoms with Gasteiger partial charge in [-0.1, -0.05) is 0 Å². The molecular formula is C8H16ClN3O. The lowest BCUT2D eigenvalue weighted by Crippen LogP contribution is -2.53. The fourth-order valence-corrected chi connectivity index (χ4v) is 1.57. The first-order valence-electron chi connectivity index (χ1n) is 4.58. The van der Waals surface area contributed by atoms with Crippen molar-refractivity contribution in [2.75, 3.05) is 26.2 Å². The topological polar surface area (TPSA) is 53.2 Å². The van der Waals surface area contributed by atoms with Gasteiger partial charge in [0.15, 0.2) is 0 Å². The van der Waals surface area contributed by atoms with Crippen LogP contribution < -0.4 is 16.0 Å². The number of halogens is 1. The molecule has 0 spiro atoms. The Hall–Kier alpha value is -0.320. The fourth-order valence-electron chi connectivity index (χ4n) is 1.57. The van der Waals surface area contributed by atoms with Gasteiger partial charge in [0, 0.05) is 25.7 Å². The van der Waals surface area contributed by atoms with Crippen LogP contribution in [0.2, 0.25) is 0 Å². The number of hydrogen-bond acceptors (Lipinski definition) is 3. The minimum Gasteiger partial charge on any atom is -0.352 e. The summed E-state index contributed by atoms with van der Waals surface area (Å²) < 4.78 is 0. The first-order valence-corrected chi connectivity index (χ1v) is 4.58. The Bertz CT molecular complexity index is 178. The number of nitrogens with one attached hydrogen (secondary N) is 3. The van der Waals surface area contributed by atoms with E-state index in [1.807, 2.05) is 0 Å². The number of carbonyl (C=O) groups is 1. The Labute approximate surface area is 84.2 Å². The molecule has 2 aliphatic heterocycles. The SMILES string of the molecule is Cl.O=C(NC1CCNC1)C1CNC1. The molecule has 0 aliphatic carbocycles. The van der Waals surface area contributed by atoms with E-state index in [0.29, 0.717) is 6.04 Å². The van der Waals surface area contributed by atoms with Gasteiger partial charge in [-0.2, -0.15) is 0 Å². The van der Waals surface area contributed by atoms with E-state index in [4.69, 9.17) is 0 Å². The molecule has 2 rings (SSSR count). The van der Waals surface area contributed by atoms with E-state index in [2.05, 4.69) is 16.0 Å². The number of rotatable bonds is 2. The lowest BCUT2D eigenvalue weighted by Gasteiger charge is -2.27. The molecule has 13 heavy (non-hydrogen) atoms. The standard InChI is InChI=1S/C8H15N3O.ClH/c12-8(6-3-10-4-6)11-7-1-2-9-5-7;/h6-7,9-10H,1-5H2,(H,11,12);1H. The van der Waals surface area contributed by atoms with Crippen LogP contribution in [0.4, 0.5) is 0 Å². The van der Waals surface area contributed by atoms with E-state index in [1.54, 1.807) is 0 Å². The van der Waals surface area contributed by atoms with Gasteiger partial charge in [0.2, 0.25) is 5.91 Å². The maximum absolute atomic E-state index is 11.4. The molecule has 1 atom stereocenters. The van der Waals surface area contributed by atoms with E-state index in [0.717, 1.165) is 32.6 Å². The number of hydrogen-bond donors (Lipinski definition) is 3. The maximum Gasteiger partial charge on any atom is 0.225 e. The molecule has 0 aromatic carbocycles. The summed E-state index contributed by atoms with van der Waals surface area (Å²) >= 11 is 0. The number of carbonyl (C=O) groups excluding carboxylic acids is 1. The van der Waals surface area contributed by atoms with Gasteiger partial charge < -0.3 is 16.0 Å². The molecule has 0 bridgehead atoms. The third-order valence-corrected chi connectivity index (χ3v) is 2.56. The molecule has 0 aromatic rings. The molecule has 3 N–H and O–H groups in total. The van der Waals surface area contributed by atoms with Crippen molar-refractivity contribution in [3.63, 3.8) is 0 Å². The minimum atomic E-state index is 0. The summed E-state index contributed by atoms with van der Waals surface area (Å²) in [5.74, 6) is 0.452. The Morgan fingerprint density at radius 3 is 2.46 bits per heavy atom. The van der Waals surface area contributed by atoms with Crippen molar-refractivity contribution in [1.29, 1.82) is 0 Å². The minimum absolute atomic E-state index is 0. The van der Waals surface area contributed by atoms with Crippen LogP contribution in [-0.4, -0.2) is 38.1 Å². The highest BCUT2D eigenvalue weighted by atomic mass is 35.5. The van der Waals surface area contributed by atoms with Gasteiger partial charge in [0.25, 0.3) is 0 Å². The van der Waals surface area contributed by atoms with Crippen molar-refractivity contribution in [3.8, 4) is 0 Å². The van der Waals surface area contributed by atoms with Crippen LogP contribution >= 0.6 is 12.4 Å². The van der Waals surface area contributed by atoms with Crippen LogP contribution in [0.25, 0.3) is 0 Å². The van der Waals surface area contributed by atoms with Crippen molar-refractivity contribution in [1.82, 2.24) is 16.0 Å². The first kappa shape index (κ1) is 10.8. The highest BCUT2D eigenvalue weighted by molar-refractivity contribution is 5.85. The summed E-state index contributed by atoms with van der Waals surface area (Å²) in [6.45, 7) is 3.68. The Morgan fingerprint density at radius 1 is 1.23 bits per heavy atom. The molecule has 0 aromatic heterocycles. The second-order valence-corrected chi connectivity index (χ2v) is 3.55. The van der Waals surface area contributed by atoms with Crippen LogP contribution in [0.1, 0.15) is 6.42 Å². The van der Waals surface area contributed by atoms with Crippen molar-refractivity contribution >= 4 is 18.3 Å². The summed E-state index contributed by atoms with van der Waals surface area (Å²) in [6, 6.07) is 0.373. The Morgan fingerprint density at radius 2 is 2.00 bits per heavy atom. The molecule has 5 heteroatoms. The van der Waals surface area contributed by atoms with Crippen LogP contribution in [0.15, 0.2) is 0 Å². The van der Waals surface area contributed by atoms with Gasteiger partial charge in [0.05, 0.1) is 5.92 Å². The van der Waals surface area contributed by atoms with Crippen LogP contribution in [-0.2, 0) is 4.79 Å². The first-order chi connectivity index (χ1) is 5.86. The number of amides is 1. The zero-order valence-corrected chi connectivity index (χ0v) is 8.32. The summed E-state index contributed by atoms with van der Waals surface area (Å²) in [5, 5.41) is 9.35. The van der Waals surface area contributed by atoms with Crippen molar-refractivity contribution in [2.45, 2.75) is 12.5 Å². The molecule has 1 amide bonds. The molecular weight excluding hydrogens is 190 g/mol. The average molecular weight is 206 g/mol. The third-order valence-electron chi connectivity index (χ3n) is 2.56. The Balaban J connectivity index is 0.000000845. The van der Waals surface area contributed by atoms with E-state index in [9.17, 15) is 4.79 Å². The van der Waals surface area contributed by atoms with Crippen molar-refractivity contribution < 1.29 is 4.79 Å². The van der Waals surface area contributed by atoms with Gasteiger partial charge >= 0.3 is 0 Å². The lowest BCUT2D eigenvalue weighted by molar-refractivity contribution is -0.127. The van der Waals surface area contributed by atoms with Gasteiger partial charge in [-0.25, -0.2) is 0 Å². The lowest BCUT2D eigenvalue weighted by atomic mass is 10.0. The van der Waals surface area contributed by atoms with Gasteiger partial charge in [-0.3, -0.25) is 4.79 Å². The Kier molecular flexibility index (Phi) is 3.96. The smallest absolute Gasteiger partial charge is 0.225 e. The van der Waals surface area contributed by atoms with E-state index < -0.39 is 0 Å². The monoisotopic (exact) mass is 205 g/mol. The molecule has 4 nitrogen and oxygen atoms in total. The van der Waals surface area contributed by atoms with Crippen LogP contribution in [0.5, 0.6) is 0 Å². The highest BCUT2D eigenvalue weighted by Crippen LogP contribution is 2.04. The van der Waals surface area contributed by atoms with Gasteiger partial charge in [-0.15, -0.1) is 12.4 Å². The molecule has 76 valence electrons. The normalized spacial score (nSPS) is 27.5. The zero-order valence-electron chi connectivity index (χ0n) is 7.51. The maximum atomic E-state index is 11.4. The molecule has 2 heterocycles. The van der Waals surface area contributed by atoms with Crippen LogP contribution in [0.3, 0.4) is 0 Å². The van der Waals surface area contributed by atoms with E-state index >= 15 is 0 Å². The largest absolute Gasteiger partial charge is 0.352 e. The molecule has 1 unspecified atom stereocenters. The highest BCUT2D eigenvalue weighted by Gasteiger charge is 2.27. The fraction of sp³-hybridized carbons (Fsp3) is 0.875. The predicted molar refractivity (Wildman–Crippen MR) is 53.0 cm³/mol. The second-order valence-electron chi connectivity index (χ2n) is 3.55. The van der Waals surface area contributed by atoms with Gasteiger partial charge in [-0.05, 0) is 13.0 Å². The zero-order chi connectivity index (χ0) is 8.39. The quantitative estimate of drug-likeness (QED) is 0.548. The van der Waals surface area contributed by atoms with E-state index in [-0.39, 0.29) is 24.2 Å². The second kappa shape index (κ2) is 4.79. The van der Waals surface area contributed by atoms with Crippen molar-refractivity contribution in [3.05, 3.63) is 0 Å². The average Bonchev–Trinajstić information content (AvgIpc) is 2.34. The summed E-state index contributed by atoms with van der Waals surface area (Å²) in [4.78, 5) is 11.4. The van der Waals surface area contributed by atoms with Gasteiger partial charge in [0.1, 0.15) is 0 Å². The summed E-state index contributed by atoms with van der Waals surface area (Å²) in [6.07, 6.45) is 1.08. The summed E-state index contributed by atoms with van der Waals surface area (Å²) in [5.41, 5.74) is 0. The van der Waals surface area contributed by atoms with E-state index in [1.165, 1.54) is 0 Å². The van der Waals surface area contributed by atoms with Crippen molar-refractivity contribution in [2.24, 2.45) is 5.92 Å². The third kappa shape index (κ3) is 2.56. The summed E-state index contributed by atoms with van der Waals surface area (Å²) in [7, 11) is 0. The molecule has 2 aliphatic rings. The molecule has 2 fully saturated rings. The molecule has 0 radical (unpaired) electrons.